The molecule has 1 aliphatic heterocycles. The molecule has 0 spiro atoms. The molecule has 0 saturated carbocycles. The first-order chi connectivity index (χ1) is 14.4. The smallest absolute Gasteiger partial charge is 0.231 e. The van der Waals surface area contributed by atoms with E-state index >= 15 is 0 Å². The minimum Gasteiger partial charge on any atom is -0.305 e. The fourth-order valence-electron chi connectivity index (χ4n) is 4.01. The summed E-state index contributed by atoms with van der Waals surface area (Å²) in [4.78, 5) is 15.3. The molecule has 0 bridgehead atoms. The zero-order valence-corrected chi connectivity index (χ0v) is 17.5. The third kappa shape index (κ3) is 4.35. The van der Waals surface area contributed by atoms with Gasteiger partial charge in [0.25, 0.3) is 0 Å². The summed E-state index contributed by atoms with van der Waals surface area (Å²) in [5, 5.41) is 1.22. The molecule has 3 aromatic rings. The lowest BCUT2D eigenvalue weighted by atomic mass is 9.84. The van der Waals surface area contributed by atoms with Gasteiger partial charge in [0, 0.05) is 21.7 Å². The standard InChI is InChI=1S/C24H19Cl2F2NO/c25-18-5-2-16(3-6-18)23-12-4-17(13-15-1-11-21(27)22(28)14-15)24(30)29(23)20-9-7-19(26)8-10-20/h1-3,5-11,14,17,23H,4,12-13H2. The largest absolute Gasteiger partial charge is 0.305 e. The van der Waals surface area contributed by atoms with E-state index < -0.39 is 11.6 Å². The average Bonchev–Trinajstić information content (AvgIpc) is 2.73. The molecule has 0 radical (unpaired) electrons. The third-order valence-electron chi connectivity index (χ3n) is 5.51. The number of carbonyl (C=O) groups is 1. The molecular formula is C24H19Cl2F2NO. The van der Waals surface area contributed by atoms with Crippen LogP contribution >= 0.6 is 23.2 Å². The Morgan fingerprint density at radius 3 is 2.10 bits per heavy atom. The number of piperidine rings is 1. The monoisotopic (exact) mass is 445 g/mol. The van der Waals surface area contributed by atoms with Gasteiger partial charge in [-0.25, -0.2) is 8.78 Å². The van der Waals surface area contributed by atoms with Crippen LogP contribution in [0.15, 0.2) is 66.7 Å². The molecule has 1 heterocycles. The van der Waals surface area contributed by atoms with Gasteiger partial charge >= 0.3 is 0 Å². The molecule has 1 fully saturated rings. The number of nitrogens with zero attached hydrogens (tertiary/aromatic N) is 1. The van der Waals surface area contributed by atoms with Crippen molar-refractivity contribution in [3.63, 3.8) is 0 Å². The summed E-state index contributed by atoms with van der Waals surface area (Å²) >= 11 is 12.1. The second kappa shape index (κ2) is 8.75. The van der Waals surface area contributed by atoms with Crippen molar-refractivity contribution in [3.05, 3.63) is 99.5 Å². The highest BCUT2D eigenvalue weighted by molar-refractivity contribution is 6.30. The number of carbonyl (C=O) groups excluding carboxylic acids is 1. The molecule has 4 rings (SSSR count). The van der Waals surface area contributed by atoms with Gasteiger partial charge in [0.05, 0.1) is 6.04 Å². The number of rotatable bonds is 4. The first-order valence-corrected chi connectivity index (χ1v) is 10.5. The van der Waals surface area contributed by atoms with Crippen molar-refractivity contribution >= 4 is 34.8 Å². The maximum atomic E-state index is 13.6. The highest BCUT2D eigenvalue weighted by Crippen LogP contribution is 2.39. The van der Waals surface area contributed by atoms with Gasteiger partial charge in [-0.1, -0.05) is 41.4 Å². The Labute approximate surface area is 184 Å². The second-order valence-corrected chi connectivity index (χ2v) is 8.35. The number of halogens is 4. The molecule has 0 aliphatic carbocycles. The molecule has 3 aromatic carbocycles. The van der Waals surface area contributed by atoms with Crippen LogP contribution in [0.5, 0.6) is 0 Å². The van der Waals surface area contributed by atoms with E-state index in [-0.39, 0.29) is 17.9 Å². The minimum absolute atomic E-state index is 0.0479. The number of amides is 1. The van der Waals surface area contributed by atoms with Gasteiger partial charge in [-0.15, -0.1) is 0 Å². The topological polar surface area (TPSA) is 20.3 Å². The quantitative estimate of drug-likeness (QED) is 0.423. The van der Waals surface area contributed by atoms with Crippen LogP contribution in [0.2, 0.25) is 10.0 Å². The predicted molar refractivity (Wildman–Crippen MR) is 116 cm³/mol. The maximum Gasteiger partial charge on any atom is 0.231 e. The summed E-state index contributed by atoms with van der Waals surface area (Å²) in [7, 11) is 0. The van der Waals surface area contributed by atoms with Crippen LogP contribution in [0.4, 0.5) is 14.5 Å². The first-order valence-electron chi connectivity index (χ1n) is 9.70. The summed E-state index contributed by atoms with van der Waals surface area (Å²) in [5.41, 5.74) is 2.35. The molecule has 2 nitrogen and oxygen atoms in total. The SMILES string of the molecule is O=C1C(Cc2ccc(F)c(F)c2)CCC(c2ccc(Cl)cc2)N1c1ccc(Cl)cc1. The summed E-state index contributed by atoms with van der Waals surface area (Å²) < 4.78 is 26.9. The van der Waals surface area contributed by atoms with Gasteiger partial charge in [0.1, 0.15) is 0 Å². The van der Waals surface area contributed by atoms with Crippen LogP contribution in [0.3, 0.4) is 0 Å². The summed E-state index contributed by atoms with van der Waals surface area (Å²) in [5.74, 6) is -2.16. The summed E-state index contributed by atoms with van der Waals surface area (Å²) in [6.45, 7) is 0. The van der Waals surface area contributed by atoms with Crippen molar-refractivity contribution in [1.29, 1.82) is 0 Å². The molecule has 30 heavy (non-hydrogen) atoms. The maximum absolute atomic E-state index is 13.6. The van der Waals surface area contributed by atoms with Crippen molar-refractivity contribution in [2.45, 2.75) is 25.3 Å². The van der Waals surface area contributed by atoms with E-state index in [1.165, 1.54) is 12.1 Å². The molecule has 0 N–H and O–H groups in total. The van der Waals surface area contributed by atoms with E-state index in [0.29, 0.717) is 28.5 Å². The van der Waals surface area contributed by atoms with E-state index in [1.807, 2.05) is 36.4 Å². The fourth-order valence-corrected chi connectivity index (χ4v) is 4.26. The van der Waals surface area contributed by atoms with E-state index in [9.17, 15) is 13.6 Å². The Kier molecular flexibility index (Phi) is 6.07. The van der Waals surface area contributed by atoms with Crippen LogP contribution in [0, 0.1) is 17.6 Å². The number of anilines is 1. The Hall–Kier alpha value is -2.43. The fraction of sp³-hybridized carbons (Fsp3) is 0.208. The lowest BCUT2D eigenvalue weighted by molar-refractivity contribution is -0.124. The average molecular weight is 446 g/mol. The Balaban J connectivity index is 1.66. The molecule has 1 amide bonds. The van der Waals surface area contributed by atoms with Gasteiger partial charge in [0.15, 0.2) is 11.6 Å². The molecule has 0 aromatic heterocycles. The predicted octanol–water partition coefficient (Wildman–Crippen LogP) is 7.00. The zero-order chi connectivity index (χ0) is 21.3. The highest BCUT2D eigenvalue weighted by atomic mass is 35.5. The number of benzene rings is 3. The van der Waals surface area contributed by atoms with Crippen molar-refractivity contribution in [3.8, 4) is 0 Å². The molecular weight excluding hydrogens is 427 g/mol. The highest BCUT2D eigenvalue weighted by Gasteiger charge is 2.37. The van der Waals surface area contributed by atoms with Gasteiger partial charge in [-0.3, -0.25) is 4.79 Å². The molecule has 1 aliphatic rings. The number of hydrogen-bond acceptors (Lipinski definition) is 1. The van der Waals surface area contributed by atoms with Gasteiger partial charge in [-0.2, -0.15) is 0 Å². The Bertz CT molecular complexity index is 1050. The van der Waals surface area contributed by atoms with E-state index in [2.05, 4.69) is 0 Å². The zero-order valence-electron chi connectivity index (χ0n) is 16.0. The van der Waals surface area contributed by atoms with Crippen LogP contribution < -0.4 is 4.90 Å². The van der Waals surface area contributed by atoms with Crippen LogP contribution in [0.25, 0.3) is 0 Å². The first kappa shape index (κ1) is 20.8. The van der Waals surface area contributed by atoms with E-state index in [1.54, 1.807) is 17.0 Å². The molecule has 6 heteroatoms. The molecule has 154 valence electrons. The number of hydrogen-bond donors (Lipinski definition) is 0. The van der Waals surface area contributed by atoms with Crippen molar-refractivity contribution in [2.24, 2.45) is 5.92 Å². The Morgan fingerprint density at radius 2 is 1.47 bits per heavy atom. The van der Waals surface area contributed by atoms with Gasteiger partial charge in [-0.05, 0) is 78.9 Å². The second-order valence-electron chi connectivity index (χ2n) is 7.48. The minimum atomic E-state index is -0.899. The van der Waals surface area contributed by atoms with Crippen molar-refractivity contribution < 1.29 is 13.6 Å². The normalized spacial score (nSPS) is 19.2. The van der Waals surface area contributed by atoms with Crippen molar-refractivity contribution in [1.82, 2.24) is 0 Å². The molecule has 1 saturated heterocycles. The van der Waals surface area contributed by atoms with Crippen LogP contribution in [-0.2, 0) is 11.2 Å². The van der Waals surface area contributed by atoms with Crippen LogP contribution in [-0.4, -0.2) is 5.91 Å². The lowest BCUT2D eigenvalue weighted by Gasteiger charge is -2.40. The third-order valence-corrected chi connectivity index (χ3v) is 6.02. The molecule has 2 atom stereocenters. The molecule has 2 unspecified atom stereocenters. The van der Waals surface area contributed by atoms with Gasteiger partial charge < -0.3 is 4.90 Å². The summed E-state index contributed by atoms with van der Waals surface area (Å²) in [6, 6.07) is 18.3. The van der Waals surface area contributed by atoms with Crippen molar-refractivity contribution in [2.75, 3.05) is 4.90 Å². The van der Waals surface area contributed by atoms with Crippen LogP contribution in [0.1, 0.15) is 30.0 Å². The summed E-state index contributed by atoms with van der Waals surface area (Å²) in [6.07, 6.45) is 1.74. The lowest BCUT2D eigenvalue weighted by Crippen LogP contribution is -2.44. The van der Waals surface area contributed by atoms with E-state index in [4.69, 9.17) is 23.2 Å². The van der Waals surface area contributed by atoms with E-state index in [0.717, 1.165) is 23.7 Å². The van der Waals surface area contributed by atoms with Gasteiger partial charge in [0.2, 0.25) is 5.91 Å². The Morgan fingerprint density at radius 1 is 0.833 bits per heavy atom.